The van der Waals surface area contributed by atoms with Gasteiger partial charge in [0, 0.05) is 21.8 Å². The number of aromatic nitrogens is 1. The highest BCUT2D eigenvalue weighted by Crippen LogP contribution is 2.56. The van der Waals surface area contributed by atoms with E-state index in [0.717, 1.165) is 16.7 Å². The maximum atomic E-state index is 6.49. The molecule has 0 unspecified atom stereocenters. The molecule has 3 aliphatic carbocycles. The third-order valence-corrected chi connectivity index (χ3v) is 15.1. The summed E-state index contributed by atoms with van der Waals surface area (Å²) in [5, 5.41) is 4.94. The Balaban J connectivity index is 1.17. The molecule has 0 fully saturated rings. The molecule has 0 saturated heterocycles. The Labute approximate surface area is 362 Å². The first-order chi connectivity index (χ1) is 30.0. The predicted octanol–water partition coefficient (Wildman–Crippen LogP) is 16.1. The smallest absolute Gasteiger partial charge is 0.227 e. The van der Waals surface area contributed by atoms with Crippen molar-refractivity contribution in [2.75, 3.05) is 0 Å². The topological polar surface area (TPSA) is 26.0 Å². The minimum absolute atomic E-state index is 0.132. The molecular formula is C60H45NO. The number of hydrogen-bond donors (Lipinski definition) is 0. The normalized spacial score (nSPS) is 15.6. The van der Waals surface area contributed by atoms with E-state index < -0.39 is 0 Å². The standard InChI is InChI=1S/C60H45NO/c1-58(2)47-18-10-7-15-37(47)40-26-23-34(30-50(40)58)55-42-28-25-36(57-61-53-21-13-14-22-54(53)62-57)29-44(42)56(35-24-27-41-38-16-8-11-19-48(38)59(3,4)51(41)31-35)46-33-52-43(32-45(46)55)39-17-9-12-20-49(39)60(52,5)6/h7-33H,1-6H3. The number of oxazole rings is 1. The van der Waals surface area contributed by atoms with Crippen LogP contribution < -0.4 is 0 Å². The first-order valence-corrected chi connectivity index (χ1v) is 22.0. The van der Waals surface area contributed by atoms with Crippen LogP contribution in [0.25, 0.3) is 99.7 Å². The highest BCUT2D eigenvalue weighted by Gasteiger charge is 2.39. The Morgan fingerprint density at radius 2 is 0.774 bits per heavy atom. The van der Waals surface area contributed by atoms with Gasteiger partial charge in [0.25, 0.3) is 0 Å². The molecule has 0 atom stereocenters. The summed E-state index contributed by atoms with van der Waals surface area (Å²) >= 11 is 0. The minimum Gasteiger partial charge on any atom is -0.436 e. The van der Waals surface area contributed by atoms with Crippen molar-refractivity contribution >= 4 is 32.6 Å². The maximum absolute atomic E-state index is 6.49. The first-order valence-electron chi connectivity index (χ1n) is 22.0. The van der Waals surface area contributed by atoms with Crippen molar-refractivity contribution < 1.29 is 4.42 Å². The Morgan fingerprint density at radius 1 is 0.339 bits per heavy atom. The zero-order valence-corrected chi connectivity index (χ0v) is 35.9. The van der Waals surface area contributed by atoms with Crippen LogP contribution in [0.4, 0.5) is 0 Å². The van der Waals surface area contributed by atoms with Gasteiger partial charge < -0.3 is 4.42 Å². The Hall–Kier alpha value is -7.03. The van der Waals surface area contributed by atoms with Gasteiger partial charge in [-0.05, 0) is 159 Å². The fraction of sp³-hybridized carbons (Fsp3) is 0.150. The summed E-state index contributed by atoms with van der Waals surface area (Å²) in [6.07, 6.45) is 0. The molecule has 0 radical (unpaired) electrons. The van der Waals surface area contributed by atoms with Gasteiger partial charge in [-0.2, -0.15) is 0 Å². The second-order valence-corrected chi connectivity index (χ2v) is 19.5. The molecule has 0 bridgehead atoms. The lowest BCUT2D eigenvalue weighted by molar-refractivity contribution is 0.620. The van der Waals surface area contributed by atoms with Gasteiger partial charge in [0.1, 0.15) is 5.52 Å². The lowest BCUT2D eigenvalue weighted by atomic mass is 9.77. The number of rotatable bonds is 3. The Morgan fingerprint density at radius 3 is 1.35 bits per heavy atom. The lowest BCUT2D eigenvalue weighted by Gasteiger charge is -2.25. The number of para-hydroxylation sites is 2. The zero-order chi connectivity index (χ0) is 41.9. The molecule has 9 aromatic carbocycles. The van der Waals surface area contributed by atoms with Crippen molar-refractivity contribution in [1.29, 1.82) is 0 Å². The van der Waals surface area contributed by atoms with Crippen LogP contribution in [0, 0.1) is 0 Å². The highest BCUT2D eigenvalue weighted by molar-refractivity contribution is 6.23. The Kier molecular flexibility index (Phi) is 6.95. The van der Waals surface area contributed by atoms with Crippen molar-refractivity contribution in [1.82, 2.24) is 4.98 Å². The van der Waals surface area contributed by atoms with Crippen LogP contribution in [-0.2, 0) is 16.2 Å². The quantitative estimate of drug-likeness (QED) is 0.167. The number of benzene rings is 9. The van der Waals surface area contributed by atoms with Gasteiger partial charge in [0.05, 0.1) is 0 Å². The summed E-state index contributed by atoms with van der Waals surface area (Å²) in [7, 11) is 0. The van der Waals surface area contributed by atoms with E-state index in [2.05, 4.69) is 181 Å². The maximum Gasteiger partial charge on any atom is 0.227 e. The molecule has 10 aromatic rings. The molecule has 2 nitrogen and oxygen atoms in total. The third kappa shape index (κ3) is 4.62. The van der Waals surface area contributed by atoms with Crippen molar-refractivity contribution in [3.05, 3.63) is 197 Å². The van der Waals surface area contributed by atoms with E-state index in [1.54, 1.807) is 0 Å². The second-order valence-electron chi connectivity index (χ2n) is 19.5. The van der Waals surface area contributed by atoms with Gasteiger partial charge in [0.15, 0.2) is 5.58 Å². The molecule has 0 spiro atoms. The third-order valence-electron chi connectivity index (χ3n) is 15.1. The average Bonchev–Trinajstić information content (AvgIpc) is 3.96. The largest absolute Gasteiger partial charge is 0.436 e. The van der Waals surface area contributed by atoms with Crippen molar-refractivity contribution in [3.63, 3.8) is 0 Å². The van der Waals surface area contributed by atoms with Gasteiger partial charge >= 0.3 is 0 Å². The molecule has 0 saturated carbocycles. The fourth-order valence-electron chi connectivity index (χ4n) is 11.9. The van der Waals surface area contributed by atoms with Crippen LogP contribution in [0.2, 0.25) is 0 Å². The van der Waals surface area contributed by atoms with E-state index in [-0.39, 0.29) is 16.2 Å². The molecule has 0 amide bonds. The average molecular weight is 796 g/mol. The summed E-state index contributed by atoms with van der Waals surface area (Å²) in [6.45, 7) is 14.3. The van der Waals surface area contributed by atoms with E-state index in [1.165, 1.54) is 111 Å². The van der Waals surface area contributed by atoms with Crippen LogP contribution >= 0.6 is 0 Å². The fourth-order valence-corrected chi connectivity index (χ4v) is 11.9. The van der Waals surface area contributed by atoms with E-state index >= 15 is 0 Å². The predicted molar refractivity (Wildman–Crippen MR) is 258 cm³/mol. The van der Waals surface area contributed by atoms with Crippen molar-refractivity contribution in [3.8, 4) is 67.1 Å². The highest BCUT2D eigenvalue weighted by atomic mass is 16.3. The molecule has 0 aliphatic heterocycles. The second kappa shape index (κ2) is 12.1. The molecule has 0 N–H and O–H groups in total. The van der Waals surface area contributed by atoms with Crippen LogP contribution in [-0.4, -0.2) is 4.98 Å². The molecule has 1 heterocycles. The van der Waals surface area contributed by atoms with Gasteiger partial charge in [0.2, 0.25) is 5.89 Å². The van der Waals surface area contributed by atoms with Crippen molar-refractivity contribution in [2.24, 2.45) is 0 Å². The number of fused-ring (bicyclic) bond motifs is 12. The number of hydrogen-bond acceptors (Lipinski definition) is 2. The summed E-state index contributed by atoms with van der Waals surface area (Å²) < 4.78 is 6.49. The van der Waals surface area contributed by atoms with Crippen LogP contribution in [0.5, 0.6) is 0 Å². The molecule has 296 valence electrons. The molecular weight excluding hydrogens is 751 g/mol. The van der Waals surface area contributed by atoms with E-state index in [1.807, 2.05) is 24.3 Å². The van der Waals surface area contributed by atoms with E-state index in [0.29, 0.717) is 5.89 Å². The monoisotopic (exact) mass is 795 g/mol. The summed E-state index contributed by atoms with van der Waals surface area (Å²) in [6, 6.07) is 61.5. The molecule has 1 aromatic heterocycles. The zero-order valence-electron chi connectivity index (χ0n) is 35.9. The number of nitrogens with zero attached hydrogens (tertiary/aromatic N) is 1. The van der Waals surface area contributed by atoms with Crippen LogP contribution in [0.15, 0.2) is 168 Å². The molecule has 2 heteroatoms. The first kappa shape index (κ1) is 35.7. The van der Waals surface area contributed by atoms with Gasteiger partial charge in [-0.3, -0.25) is 0 Å². The summed E-state index contributed by atoms with van der Waals surface area (Å²) in [5.74, 6) is 0.633. The minimum atomic E-state index is -0.169. The molecule has 3 aliphatic rings. The van der Waals surface area contributed by atoms with Gasteiger partial charge in [-0.1, -0.05) is 157 Å². The Bertz CT molecular complexity index is 3580. The summed E-state index contributed by atoms with van der Waals surface area (Å²) in [5.41, 5.74) is 23.4. The van der Waals surface area contributed by atoms with E-state index in [9.17, 15) is 0 Å². The van der Waals surface area contributed by atoms with Crippen LogP contribution in [0.3, 0.4) is 0 Å². The van der Waals surface area contributed by atoms with Crippen molar-refractivity contribution in [2.45, 2.75) is 57.8 Å². The molecule has 13 rings (SSSR count). The lowest BCUT2D eigenvalue weighted by Crippen LogP contribution is -2.15. The van der Waals surface area contributed by atoms with Gasteiger partial charge in [-0.25, -0.2) is 4.98 Å². The van der Waals surface area contributed by atoms with E-state index in [4.69, 9.17) is 9.40 Å². The summed E-state index contributed by atoms with van der Waals surface area (Å²) in [4.78, 5) is 5.02. The molecule has 62 heavy (non-hydrogen) atoms. The van der Waals surface area contributed by atoms with Gasteiger partial charge in [-0.15, -0.1) is 0 Å². The van der Waals surface area contributed by atoms with Crippen LogP contribution in [0.1, 0.15) is 74.9 Å². The SMILES string of the molecule is CC1(C)c2ccccc2-c2ccc(-c3c4ccc(-c5nc6ccccc6o5)cc4c(-c4ccc5c(c4)C(C)(C)c4ccccc4-5)c4cc5c(cc34)-c3ccccc3C5(C)C)cc21.